The third kappa shape index (κ3) is 7.69. The fraction of sp³-hybridized carbons (Fsp3) is 0.778. The summed E-state index contributed by atoms with van der Waals surface area (Å²) in [5, 5.41) is 1.33. The van der Waals surface area contributed by atoms with E-state index in [9.17, 15) is 0 Å². The van der Waals surface area contributed by atoms with Gasteiger partial charge in [-0.25, -0.2) is 0 Å². The number of hydrogen-bond acceptors (Lipinski definition) is 2. The molecule has 0 radical (unpaired) electrons. The van der Waals surface area contributed by atoms with Gasteiger partial charge < -0.3 is 9.96 Å². The van der Waals surface area contributed by atoms with Crippen LogP contribution in [0.4, 0.5) is 0 Å². The molecular formula is C9H26N2Si3. The molecule has 2 nitrogen and oxygen atoms in total. The Morgan fingerprint density at radius 2 is 1.29 bits per heavy atom. The summed E-state index contributed by atoms with van der Waals surface area (Å²) >= 11 is 0. The van der Waals surface area contributed by atoms with Gasteiger partial charge in [-0.1, -0.05) is 44.5 Å². The zero-order chi connectivity index (χ0) is 11.6. The van der Waals surface area contributed by atoms with Crippen molar-refractivity contribution in [3.63, 3.8) is 0 Å². The van der Waals surface area contributed by atoms with E-state index in [-0.39, 0.29) is 0 Å². The lowest BCUT2D eigenvalue weighted by Crippen LogP contribution is -2.60. The van der Waals surface area contributed by atoms with Crippen LogP contribution in [-0.2, 0) is 0 Å². The Kier molecular flexibility index (Phi) is 5.00. The van der Waals surface area contributed by atoms with E-state index in [1.165, 1.54) is 5.20 Å². The Labute approximate surface area is 94.2 Å². The van der Waals surface area contributed by atoms with Crippen molar-refractivity contribution in [2.75, 3.05) is 0 Å². The van der Waals surface area contributed by atoms with Gasteiger partial charge in [0.25, 0.3) is 0 Å². The Balaban J connectivity index is 4.40. The summed E-state index contributed by atoms with van der Waals surface area (Å²) in [4.78, 5) is 7.42. The molecule has 0 bridgehead atoms. The summed E-state index contributed by atoms with van der Waals surface area (Å²) in [7, 11) is -1.36. The van der Waals surface area contributed by atoms with Gasteiger partial charge in [-0.3, -0.25) is 0 Å². The zero-order valence-corrected chi connectivity index (χ0v) is 14.8. The van der Waals surface area contributed by atoms with E-state index in [1.807, 2.05) is 0 Å². The summed E-state index contributed by atoms with van der Waals surface area (Å²) in [5.74, 6) is 0. The average molecular weight is 247 g/mol. The minimum Gasteiger partial charge on any atom is -0.320 e. The second kappa shape index (κ2) is 4.89. The van der Waals surface area contributed by atoms with Crippen molar-refractivity contribution < 1.29 is 0 Å². The Hall–Kier alpha value is 0.311. The molecule has 0 aromatic rings. The van der Waals surface area contributed by atoms with Crippen molar-refractivity contribution in [3.8, 4) is 0 Å². The minimum absolute atomic E-state index is 0.361. The van der Waals surface area contributed by atoms with Crippen LogP contribution >= 0.6 is 0 Å². The third-order valence-electron chi connectivity index (χ3n) is 1.65. The molecule has 0 atom stereocenters. The van der Waals surface area contributed by atoms with Crippen molar-refractivity contribution in [3.05, 3.63) is 11.8 Å². The van der Waals surface area contributed by atoms with Crippen LogP contribution in [0.1, 0.15) is 0 Å². The summed E-state index contributed by atoms with van der Waals surface area (Å²) in [6, 6.07) is 0. The molecule has 0 aromatic carbocycles. The van der Waals surface area contributed by atoms with Gasteiger partial charge in [0.1, 0.15) is 16.5 Å². The molecule has 0 amide bonds. The van der Waals surface area contributed by atoms with Crippen LogP contribution in [0.15, 0.2) is 11.8 Å². The molecule has 0 aromatic heterocycles. The van der Waals surface area contributed by atoms with Crippen LogP contribution in [-0.4, -0.2) is 32.9 Å². The van der Waals surface area contributed by atoms with E-state index >= 15 is 0 Å². The first-order valence-electron chi connectivity index (χ1n) is 5.22. The van der Waals surface area contributed by atoms with Gasteiger partial charge in [0.05, 0.1) is 6.17 Å². The molecule has 0 rings (SSSR count). The molecule has 0 aliphatic carbocycles. The van der Waals surface area contributed by atoms with Gasteiger partial charge in [-0.05, 0) is 0 Å². The molecule has 0 spiro atoms. The van der Waals surface area contributed by atoms with E-state index in [0.717, 1.165) is 10.2 Å². The minimum atomic E-state index is -1.21. The van der Waals surface area contributed by atoms with Crippen LogP contribution in [0.3, 0.4) is 0 Å². The molecule has 0 aliphatic rings. The summed E-state index contributed by atoms with van der Waals surface area (Å²) in [6.07, 6.45) is 0.361. The van der Waals surface area contributed by atoms with E-state index in [2.05, 4.69) is 55.8 Å². The van der Waals surface area contributed by atoms with Gasteiger partial charge >= 0.3 is 0 Å². The van der Waals surface area contributed by atoms with E-state index in [0.29, 0.717) is 6.17 Å². The fourth-order valence-corrected chi connectivity index (χ4v) is 4.53. The van der Waals surface area contributed by atoms with Gasteiger partial charge in [0, 0.05) is 10.2 Å². The van der Waals surface area contributed by atoms with Crippen LogP contribution in [0.2, 0.25) is 39.3 Å². The molecule has 0 heterocycles. The number of rotatable bonds is 5. The number of hydrogen-bond donors (Lipinski definition) is 2. The quantitative estimate of drug-likeness (QED) is 0.560. The lowest BCUT2D eigenvalue weighted by molar-refractivity contribution is 0.680. The summed E-state index contributed by atoms with van der Waals surface area (Å²) in [5.41, 5.74) is 0. The SMILES string of the molecule is C=C([SiH3])C(N[Si](C)(C)C)N[Si](C)(C)C. The van der Waals surface area contributed by atoms with Crippen LogP contribution in [0, 0.1) is 0 Å². The maximum atomic E-state index is 4.10. The second-order valence-corrected chi connectivity index (χ2v) is 16.9. The van der Waals surface area contributed by atoms with Crippen molar-refractivity contribution in [1.82, 2.24) is 9.96 Å². The standard InChI is InChI=1S/C9H26N2Si3/c1-8(12)9(10-13(2,3)4)11-14(5,6)7/h9-11H,1H2,2-7,12H3. The molecular weight excluding hydrogens is 220 g/mol. The summed E-state index contributed by atoms with van der Waals surface area (Å²) < 4.78 is 0. The molecule has 0 fully saturated rings. The van der Waals surface area contributed by atoms with Crippen molar-refractivity contribution in [1.29, 1.82) is 0 Å². The van der Waals surface area contributed by atoms with Gasteiger partial charge in [-0.2, -0.15) is 0 Å². The first kappa shape index (κ1) is 14.3. The first-order chi connectivity index (χ1) is 6.01. The topological polar surface area (TPSA) is 24.1 Å². The Morgan fingerprint density at radius 1 is 1.00 bits per heavy atom. The van der Waals surface area contributed by atoms with E-state index in [4.69, 9.17) is 0 Å². The monoisotopic (exact) mass is 246 g/mol. The highest BCUT2D eigenvalue weighted by Gasteiger charge is 2.24. The highest BCUT2D eigenvalue weighted by Crippen LogP contribution is 2.04. The van der Waals surface area contributed by atoms with Gasteiger partial charge in [0.15, 0.2) is 0 Å². The van der Waals surface area contributed by atoms with Gasteiger partial charge in [-0.15, -0.1) is 6.58 Å². The molecule has 84 valence electrons. The lowest BCUT2D eigenvalue weighted by atomic mass is 10.5. The molecule has 14 heavy (non-hydrogen) atoms. The van der Waals surface area contributed by atoms with Crippen LogP contribution in [0.5, 0.6) is 0 Å². The normalized spacial score (nSPS) is 13.6. The van der Waals surface area contributed by atoms with Crippen LogP contribution < -0.4 is 9.96 Å². The maximum Gasteiger partial charge on any atom is 0.117 e. The van der Waals surface area contributed by atoms with E-state index < -0.39 is 16.5 Å². The van der Waals surface area contributed by atoms with Gasteiger partial charge in [0.2, 0.25) is 0 Å². The molecule has 5 heteroatoms. The molecule has 0 unspecified atom stereocenters. The average Bonchev–Trinajstić information content (AvgIpc) is 1.78. The Morgan fingerprint density at radius 3 is 1.43 bits per heavy atom. The fourth-order valence-electron chi connectivity index (χ4n) is 1.15. The largest absolute Gasteiger partial charge is 0.320 e. The predicted octanol–water partition coefficient (Wildman–Crippen LogP) is 1.04. The highest BCUT2D eigenvalue weighted by atomic mass is 28.3. The number of nitrogens with one attached hydrogen (secondary N) is 2. The molecule has 2 N–H and O–H groups in total. The second-order valence-electron chi connectivity index (χ2n) is 6.07. The lowest BCUT2D eigenvalue weighted by Gasteiger charge is -2.33. The first-order valence-corrected chi connectivity index (χ1v) is 13.2. The smallest absolute Gasteiger partial charge is 0.117 e. The molecule has 0 saturated heterocycles. The predicted molar refractivity (Wildman–Crippen MR) is 75.8 cm³/mol. The molecule has 0 aliphatic heterocycles. The van der Waals surface area contributed by atoms with E-state index in [1.54, 1.807) is 0 Å². The highest BCUT2D eigenvalue weighted by molar-refractivity contribution is 6.75. The summed E-state index contributed by atoms with van der Waals surface area (Å²) in [6.45, 7) is 18.1. The zero-order valence-electron chi connectivity index (χ0n) is 10.8. The maximum absolute atomic E-state index is 4.10. The van der Waals surface area contributed by atoms with Crippen LogP contribution in [0.25, 0.3) is 0 Å². The van der Waals surface area contributed by atoms with Crippen molar-refractivity contribution in [2.24, 2.45) is 0 Å². The third-order valence-corrected chi connectivity index (χ3v) is 4.53. The Bertz CT molecular complexity index is 187. The van der Waals surface area contributed by atoms with Crippen molar-refractivity contribution >= 4 is 26.7 Å². The molecule has 0 saturated carbocycles. The van der Waals surface area contributed by atoms with Crippen molar-refractivity contribution in [2.45, 2.75) is 45.4 Å².